The van der Waals surface area contributed by atoms with E-state index in [4.69, 9.17) is 21.1 Å². The number of alkyl halides is 3. The van der Waals surface area contributed by atoms with E-state index in [1.807, 2.05) is 0 Å². The van der Waals surface area contributed by atoms with Crippen LogP contribution < -0.4 is 20.5 Å². The van der Waals surface area contributed by atoms with E-state index in [-0.39, 0.29) is 23.1 Å². The molecule has 200 valence electrons. The first kappa shape index (κ1) is 27.9. The lowest BCUT2D eigenvalue weighted by atomic mass is 10.1. The summed E-state index contributed by atoms with van der Waals surface area (Å²) in [5, 5.41) is 15.0. The van der Waals surface area contributed by atoms with Gasteiger partial charge in [-0.05, 0) is 25.1 Å². The maximum atomic E-state index is 15.1. The highest BCUT2D eigenvalue weighted by Gasteiger charge is 2.28. The van der Waals surface area contributed by atoms with E-state index in [0.717, 1.165) is 11.7 Å². The lowest BCUT2D eigenvalue weighted by Crippen LogP contribution is -2.29. The van der Waals surface area contributed by atoms with Crippen molar-refractivity contribution >= 4 is 23.2 Å². The van der Waals surface area contributed by atoms with Crippen LogP contribution in [0.2, 0.25) is 5.02 Å². The van der Waals surface area contributed by atoms with Crippen molar-refractivity contribution in [1.82, 2.24) is 14.3 Å². The third kappa shape index (κ3) is 5.54. The lowest BCUT2D eigenvalue weighted by molar-refractivity contribution is -0.00159. The zero-order valence-electron chi connectivity index (χ0n) is 19.3. The summed E-state index contributed by atoms with van der Waals surface area (Å²) in [6.45, 7) is -0.741. The van der Waals surface area contributed by atoms with Gasteiger partial charge in [0, 0.05) is 12.6 Å². The van der Waals surface area contributed by atoms with Crippen LogP contribution in [0.1, 0.15) is 23.1 Å². The van der Waals surface area contributed by atoms with Gasteiger partial charge in [0.15, 0.2) is 23.5 Å². The molecule has 1 amide bonds. The summed E-state index contributed by atoms with van der Waals surface area (Å²) in [4.78, 5) is 25.6. The third-order valence-corrected chi connectivity index (χ3v) is 5.46. The van der Waals surface area contributed by atoms with Gasteiger partial charge in [0.05, 0.1) is 23.4 Å². The molecule has 1 heterocycles. The number of halogens is 6. The van der Waals surface area contributed by atoms with Crippen molar-refractivity contribution in [2.24, 2.45) is 0 Å². The Balaban J connectivity index is 2.16. The number of aliphatic hydroxyl groups is 1. The molecule has 0 fully saturated rings. The van der Waals surface area contributed by atoms with Crippen LogP contribution >= 0.6 is 11.6 Å². The van der Waals surface area contributed by atoms with E-state index in [2.05, 4.69) is 10.4 Å². The predicted molar refractivity (Wildman–Crippen MR) is 122 cm³/mol. The molecule has 9 nitrogen and oxygen atoms in total. The first-order valence-corrected chi connectivity index (χ1v) is 10.9. The normalized spacial score (nSPS) is 12.1. The first-order valence-electron chi connectivity index (χ1n) is 10.5. The van der Waals surface area contributed by atoms with Crippen molar-refractivity contribution in [2.45, 2.75) is 32.6 Å². The minimum absolute atomic E-state index is 0.0579. The van der Waals surface area contributed by atoms with Gasteiger partial charge in [-0.3, -0.25) is 9.36 Å². The Morgan fingerprint density at radius 1 is 1.24 bits per heavy atom. The van der Waals surface area contributed by atoms with Crippen molar-refractivity contribution in [1.29, 1.82) is 0 Å². The smallest absolute Gasteiger partial charge is 0.350 e. The summed E-state index contributed by atoms with van der Waals surface area (Å²) in [5.74, 6) is -4.77. The van der Waals surface area contributed by atoms with Crippen molar-refractivity contribution in [3.05, 3.63) is 62.8 Å². The number of carbonyl (C=O) groups is 1. The van der Waals surface area contributed by atoms with E-state index in [1.165, 1.54) is 12.1 Å². The number of hydrogen-bond acceptors (Lipinski definition) is 6. The molecular formula is C22H20ClF5N4O5. The molecule has 0 bridgehead atoms. The van der Waals surface area contributed by atoms with E-state index in [1.54, 1.807) is 6.92 Å². The fourth-order valence-corrected chi connectivity index (χ4v) is 3.50. The number of anilines is 1. The van der Waals surface area contributed by atoms with Crippen LogP contribution in [0.4, 0.5) is 27.6 Å². The molecule has 0 saturated carbocycles. The minimum Gasteiger partial charge on any atom is -0.494 e. The van der Waals surface area contributed by atoms with Crippen molar-refractivity contribution in [2.75, 3.05) is 19.1 Å². The topological polar surface area (TPSA) is 108 Å². The van der Waals surface area contributed by atoms with E-state index >= 15 is 4.39 Å². The average Bonchev–Trinajstić information content (AvgIpc) is 3.20. The summed E-state index contributed by atoms with van der Waals surface area (Å²) in [7, 11) is 1.16. The molecule has 0 aliphatic heterocycles. The summed E-state index contributed by atoms with van der Waals surface area (Å²) in [6.07, 6.45) is -5.71. The quantitative estimate of drug-likeness (QED) is 0.373. The molecule has 0 saturated heterocycles. The molecule has 0 aliphatic carbocycles. The first-order chi connectivity index (χ1) is 17.6. The Hall–Kier alpha value is -3.65. The Morgan fingerprint density at radius 3 is 2.49 bits per heavy atom. The molecule has 0 spiro atoms. The Labute approximate surface area is 211 Å². The largest absolute Gasteiger partial charge is 0.494 e. The minimum atomic E-state index is -3.34. The highest BCUT2D eigenvalue weighted by Crippen LogP contribution is 2.34. The Morgan fingerprint density at radius 2 is 1.95 bits per heavy atom. The van der Waals surface area contributed by atoms with Gasteiger partial charge < -0.3 is 19.9 Å². The number of rotatable bonds is 10. The van der Waals surface area contributed by atoms with Gasteiger partial charge in [0.1, 0.15) is 30.5 Å². The molecular weight excluding hydrogens is 531 g/mol. The van der Waals surface area contributed by atoms with Gasteiger partial charge in [0.25, 0.3) is 12.3 Å². The van der Waals surface area contributed by atoms with Gasteiger partial charge in [-0.15, -0.1) is 5.10 Å². The standard InChI is InChI=1S/C22H20ClF5N4O5/c1-3-31-17(9-33)30-32(22(31)35)13-7-15(37-16(8-24)20(27)28)10(6-12(13)25)21(34)29-19-11(23)4-5-14(36-2)18(19)26/h4-7,16,20,33H,3,8-9H2,1-2H3,(H,29,34)/t16-/m0/s1. The van der Waals surface area contributed by atoms with Crippen LogP contribution in [-0.2, 0) is 13.2 Å². The fourth-order valence-electron chi connectivity index (χ4n) is 3.31. The number of aliphatic hydroxyl groups excluding tert-OH is 1. The van der Waals surface area contributed by atoms with Gasteiger partial charge >= 0.3 is 5.69 Å². The van der Waals surface area contributed by atoms with E-state index in [9.17, 15) is 32.3 Å². The molecule has 0 unspecified atom stereocenters. The van der Waals surface area contributed by atoms with Gasteiger partial charge in [-0.25, -0.2) is 26.7 Å². The second-order valence-electron chi connectivity index (χ2n) is 7.35. The van der Waals surface area contributed by atoms with Crippen molar-refractivity contribution in [3.8, 4) is 17.2 Å². The van der Waals surface area contributed by atoms with Crippen LogP contribution in [0.25, 0.3) is 5.69 Å². The predicted octanol–water partition coefficient (Wildman–Crippen LogP) is 3.72. The zero-order chi connectivity index (χ0) is 27.4. The summed E-state index contributed by atoms with van der Waals surface area (Å²) < 4.78 is 80.8. The maximum absolute atomic E-state index is 15.1. The molecule has 3 rings (SSSR count). The number of ether oxygens (including phenoxy) is 2. The Kier molecular flexibility index (Phi) is 8.76. The molecule has 1 aromatic heterocycles. The van der Waals surface area contributed by atoms with Crippen LogP contribution in [-0.4, -0.2) is 51.7 Å². The number of benzene rings is 2. The van der Waals surface area contributed by atoms with Gasteiger partial charge in [-0.1, -0.05) is 11.6 Å². The number of aromatic nitrogens is 3. The molecule has 15 heteroatoms. The van der Waals surface area contributed by atoms with E-state index in [0.29, 0.717) is 16.8 Å². The third-order valence-electron chi connectivity index (χ3n) is 5.14. The van der Waals surface area contributed by atoms with Crippen LogP contribution in [0, 0.1) is 11.6 Å². The molecule has 0 aliphatic rings. The number of amides is 1. The highest BCUT2D eigenvalue weighted by atomic mass is 35.5. The van der Waals surface area contributed by atoms with Crippen LogP contribution in [0.5, 0.6) is 11.5 Å². The number of methoxy groups -OCH3 is 1. The highest BCUT2D eigenvalue weighted by molar-refractivity contribution is 6.34. The van der Waals surface area contributed by atoms with Crippen LogP contribution in [0.15, 0.2) is 29.1 Å². The second kappa shape index (κ2) is 11.6. The van der Waals surface area contributed by atoms with Crippen molar-refractivity contribution in [3.63, 3.8) is 0 Å². The SMILES string of the molecule is CCn1c(CO)nn(-c2cc(O[C@@H](CF)C(F)F)c(C(=O)Nc3c(Cl)ccc(OC)c3F)cc2F)c1=O. The zero-order valence-corrected chi connectivity index (χ0v) is 20.0. The molecule has 37 heavy (non-hydrogen) atoms. The Bertz CT molecular complexity index is 1360. The van der Waals surface area contributed by atoms with Crippen molar-refractivity contribution < 1.29 is 41.3 Å². The molecule has 2 N–H and O–H groups in total. The molecule has 3 aromatic rings. The van der Waals surface area contributed by atoms with E-state index < -0.39 is 71.7 Å². The lowest BCUT2D eigenvalue weighted by Gasteiger charge is -2.19. The molecule has 1 atom stereocenters. The maximum Gasteiger partial charge on any atom is 0.350 e. The summed E-state index contributed by atoms with van der Waals surface area (Å²) in [6, 6.07) is 3.58. The number of nitrogens with zero attached hydrogens (tertiary/aromatic N) is 3. The summed E-state index contributed by atoms with van der Waals surface area (Å²) in [5.41, 5.74) is -2.85. The van der Waals surface area contributed by atoms with Gasteiger partial charge in [-0.2, -0.15) is 4.68 Å². The van der Waals surface area contributed by atoms with Crippen LogP contribution in [0.3, 0.4) is 0 Å². The number of nitrogens with one attached hydrogen (secondary N) is 1. The molecule has 0 radical (unpaired) electrons. The second-order valence-corrected chi connectivity index (χ2v) is 7.76. The number of hydrogen-bond donors (Lipinski definition) is 2. The number of carbonyl (C=O) groups excluding carboxylic acids is 1. The fraction of sp³-hybridized carbons (Fsp3) is 0.318. The average molecular weight is 551 g/mol. The monoisotopic (exact) mass is 550 g/mol. The molecule has 2 aromatic carbocycles. The van der Waals surface area contributed by atoms with Gasteiger partial charge in [0.2, 0.25) is 0 Å². The summed E-state index contributed by atoms with van der Waals surface area (Å²) >= 11 is 5.94.